The Morgan fingerprint density at radius 3 is 1.09 bits per heavy atom. The highest BCUT2D eigenvalue weighted by atomic mass is 15.0. The van der Waals surface area contributed by atoms with E-state index in [9.17, 15) is 11.0 Å². The van der Waals surface area contributed by atoms with Crippen LogP contribution in [0.5, 0.6) is 0 Å². The quantitative estimate of drug-likeness (QED) is 0.176. The Hall–Kier alpha value is -5.86. The van der Waals surface area contributed by atoms with Crippen molar-refractivity contribution in [2.24, 2.45) is 0 Å². The number of para-hydroxylation sites is 2. The topological polar surface area (TPSA) is 9.86 Å². The van der Waals surface area contributed by atoms with Crippen molar-refractivity contribution in [2.75, 3.05) is 0 Å². The third kappa shape index (κ3) is 4.42. The molecule has 0 radical (unpaired) electrons. The number of aromatic nitrogens is 2. The molecule has 218 valence electrons. The third-order valence-corrected chi connectivity index (χ3v) is 7.41. The predicted octanol–water partition coefficient (Wildman–Crippen LogP) is 11.3. The average Bonchev–Trinajstić information content (AvgIpc) is 3.89. The van der Waals surface area contributed by atoms with Gasteiger partial charge in [-0.05, 0) is 45.5 Å². The molecule has 2 heterocycles. The Labute approximate surface area is 307 Å². The largest absolute Gasteiger partial charge is 0.334 e. The summed E-state index contributed by atoms with van der Waals surface area (Å²) in [5.74, 6) is 0. The van der Waals surface area contributed by atoms with E-state index in [1.54, 1.807) is 0 Å². The third-order valence-electron chi connectivity index (χ3n) is 7.41. The van der Waals surface area contributed by atoms with Crippen LogP contribution in [0.4, 0.5) is 0 Å². The van der Waals surface area contributed by atoms with Gasteiger partial charge >= 0.3 is 0 Å². The minimum Gasteiger partial charge on any atom is -0.334 e. The summed E-state index contributed by atoms with van der Waals surface area (Å²) < 4.78 is 249. The Morgan fingerprint density at radius 1 is 0.326 bits per heavy atom. The van der Waals surface area contributed by atoms with Crippen LogP contribution in [0.2, 0.25) is 0 Å². The van der Waals surface area contributed by atoms with Crippen molar-refractivity contribution in [3.63, 3.8) is 0 Å². The summed E-state index contributed by atoms with van der Waals surface area (Å²) in [6, 6.07) is -23.2. The number of hydrogen-bond acceptors (Lipinski definition) is 0. The summed E-state index contributed by atoms with van der Waals surface area (Å²) in [5.41, 5.74) is -5.34. The molecular weight excluding hydrogens is 556 g/mol. The zero-order valence-corrected chi connectivity index (χ0v) is 23.3. The van der Waals surface area contributed by atoms with Gasteiger partial charge in [0.05, 0.1) is 49.4 Å². The maximum absolute atomic E-state index is 9.49. The molecule has 0 amide bonds. The van der Waals surface area contributed by atoms with Gasteiger partial charge in [-0.15, -0.1) is 0 Å². The van der Waals surface area contributed by atoms with E-state index in [4.69, 9.17) is 27.4 Å². The molecule has 0 fully saturated rings. The van der Waals surface area contributed by atoms with Gasteiger partial charge < -0.3 is 9.13 Å². The highest BCUT2D eigenvalue weighted by Crippen LogP contribution is 2.39. The minimum atomic E-state index is -0.894. The van der Waals surface area contributed by atoms with E-state index in [-0.39, 0.29) is 11.0 Å². The summed E-state index contributed by atoms with van der Waals surface area (Å²) in [4.78, 5) is 0. The molecule has 0 aliphatic heterocycles. The first kappa shape index (κ1) is 10.6. The molecule has 0 spiro atoms. The van der Waals surface area contributed by atoms with Crippen molar-refractivity contribution in [3.8, 4) is 22.3 Å². The summed E-state index contributed by atoms with van der Waals surface area (Å²) in [5, 5.41) is -1.65. The number of rotatable bonds is 6. The van der Waals surface area contributed by atoms with Crippen LogP contribution in [0, 0.1) is 0 Å². The van der Waals surface area contributed by atoms with Gasteiger partial charge in [0.25, 0.3) is 0 Å². The second-order valence-electron chi connectivity index (χ2n) is 10.0. The summed E-state index contributed by atoms with van der Waals surface area (Å²) in [6.45, 7) is -1.79. The second-order valence-corrected chi connectivity index (χ2v) is 10.0. The molecule has 0 saturated carbocycles. The van der Waals surface area contributed by atoms with Crippen molar-refractivity contribution in [2.45, 2.75) is 13.1 Å². The van der Waals surface area contributed by atoms with Gasteiger partial charge in [-0.1, -0.05) is 157 Å². The smallest absolute Gasteiger partial charge is 0.0742 e. The van der Waals surface area contributed by atoms with E-state index in [1.165, 1.54) is 0 Å². The van der Waals surface area contributed by atoms with Gasteiger partial charge in [0.1, 0.15) is 0 Å². The van der Waals surface area contributed by atoms with Crippen LogP contribution >= 0.6 is 0 Å². The summed E-state index contributed by atoms with van der Waals surface area (Å²) in [6.07, 6.45) is 0. The predicted molar refractivity (Wildman–Crippen MR) is 194 cm³/mol. The highest BCUT2D eigenvalue weighted by Gasteiger charge is 2.20. The second kappa shape index (κ2) is 10.9. The van der Waals surface area contributed by atoms with E-state index < -0.39 is 248 Å². The monoisotopic (exact) mass is 616 g/mol. The van der Waals surface area contributed by atoms with Crippen molar-refractivity contribution in [3.05, 3.63) is 180 Å². The number of fused-ring (bicyclic) bond motifs is 7. The van der Waals surface area contributed by atoms with Crippen LogP contribution in [0.15, 0.2) is 169 Å². The molecule has 2 heteroatoms. The van der Waals surface area contributed by atoms with Crippen LogP contribution in [0.1, 0.15) is 49.5 Å². The van der Waals surface area contributed by atoms with Crippen molar-refractivity contribution < 1.29 is 38.4 Å². The van der Waals surface area contributed by atoms with Crippen molar-refractivity contribution in [1.82, 2.24) is 9.13 Å². The van der Waals surface area contributed by atoms with Gasteiger partial charge in [0, 0.05) is 45.7 Å². The zero-order chi connectivity index (χ0) is 54.8. The van der Waals surface area contributed by atoms with Gasteiger partial charge in [-0.2, -0.15) is 0 Å². The molecule has 9 aromatic rings. The lowest BCUT2D eigenvalue weighted by atomic mass is 10.0. The molecular formula is C44H32N2. The van der Waals surface area contributed by atoms with Crippen molar-refractivity contribution in [1.29, 1.82) is 0 Å². The van der Waals surface area contributed by atoms with E-state index >= 15 is 0 Å². The molecule has 0 saturated heterocycles. The van der Waals surface area contributed by atoms with Crippen molar-refractivity contribution >= 4 is 43.6 Å². The fraction of sp³-hybridized carbons (Fsp3) is 0.0455. The molecule has 0 unspecified atom stereocenters. The summed E-state index contributed by atoms with van der Waals surface area (Å²) >= 11 is 0. The SMILES string of the molecule is [2H]c1c([2H])c([2H])c(-c2c([2H])c([2H])c(Cn3c4c([2H])c([2H])c([2H])c([2H])c4c4c([2H])c([2H])c5c6c([2H])c([2H])c([2H])c([2H])c6n(Cc6c([2H])c([2H])c(-c7c([2H])c([2H])c([2H])c([2H])c7[2H])c([2H])c6[2H])c5c43)c([2H])c2[2H])c([2H])c1[2H]. The van der Waals surface area contributed by atoms with Gasteiger partial charge in [0.2, 0.25) is 0 Å². The fourth-order valence-corrected chi connectivity index (χ4v) is 5.44. The molecule has 0 bridgehead atoms. The van der Waals surface area contributed by atoms with Crippen LogP contribution in [-0.4, -0.2) is 9.13 Å². The molecule has 0 N–H and O–H groups in total. The van der Waals surface area contributed by atoms with Crippen LogP contribution in [-0.2, 0) is 13.1 Å². The van der Waals surface area contributed by atoms with Crippen LogP contribution in [0.3, 0.4) is 0 Å². The van der Waals surface area contributed by atoms with Gasteiger partial charge in [-0.25, -0.2) is 0 Å². The normalized spacial score (nSPS) is 20.2. The maximum atomic E-state index is 9.49. The van der Waals surface area contributed by atoms with Gasteiger partial charge in [-0.3, -0.25) is 0 Å². The fourth-order valence-electron chi connectivity index (χ4n) is 5.44. The highest BCUT2D eigenvalue weighted by molar-refractivity contribution is 6.22. The van der Waals surface area contributed by atoms with E-state index in [2.05, 4.69) is 0 Å². The molecule has 2 nitrogen and oxygen atoms in total. The molecule has 0 atom stereocenters. The lowest BCUT2D eigenvalue weighted by molar-refractivity contribution is 0.849. The molecule has 0 aliphatic rings. The average molecular weight is 617 g/mol. The van der Waals surface area contributed by atoms with E-state index in [0.29, 0.717) is 0 Å². The molecule has 2 aromatic heterocycles. The van der Waals surface area contributed by atoms with Crippen LogP contribution in [0.25, 0.3) is 65.9 Å². The molecule has 7 aromatic carbocycles. The lowest BCUT2D eigenvalue weighted by Crippen LogP contribution is -2.04. The first-order valence-electron chi connectivity index (χ1n) is 27.7. The zero-order valence-electron chi connectivity index (χ0n) is 51.3. The summed E-state index contributed by atoms with van der Waals surface area (Å²) in [7, 11) is 0. The Morgan fingerprint density at radius 2 is 0.674 bits per heavy atom. The number of benzene rings is 7. The molecule has 9 rings (SSSR count). The standard InChI is InChI=1S/C44H32N2/c1-3-11-33(12-4-1)35-23-19-31(20-24-35)29-45-41-17-9-7-15-37(41)39-27-28-40-38-16-8-10-18-42(38)46(44(40)43(39)45)30-32-21-25-36(26-22-32)34-13-5-2-6-14-34/h1-28H,29-30H2/i1D,2D,3D,4D,5D,6D,7D,8D,9D,10D,11D,12D,13D,14D,15D,16D,17D,18D,19D,20D,21D,22D,23D,24D,25D,26D,27D,28D. The Bertz CT molecular complexity index is 3740. The van der Waals surface area contributed by atoms with Crippen LogP contribution < -0.4 is 0 Å². The van der Waals surface area contributed by atoms with Gasteiger partial charge in [0.15, 0.2) is 0 Å². The molecule has 46 heavy (non-hydrogen) atoms. The number of nitrogens with zero attached hydrogens (tertiary/aromatic N) is 2. The number of hydrogen-bond donors (Lipinski definition) is 0. The maximum Gasteiger partial charge on any atom is 0.0742 e. The Kier molecular flexibility index (Phi) is 2.52. The minimum absolute atomic E-state index is 0.367. The van der Waals surface area contributed by atoms with E-state index in [0.717, 1.165) is 9.13 Å². The molecule has 0 aliphatic carbocycles. The first-order chi connectivity index (χ1) is 34.5. The van der Waals surface area contributed by atoms with E-state index in [1.807, 2.05) is 0 Å². The first-order valence-corrected chi connectivity index (χ1v) is 13.7. The lowest BCUT2D eigenvalue weighted by Gasteiger charge is -2.13. The Balaban J connectivity index is 1.47.